The van der Waals surface area contributed by atoms with Crippen molar-refractivity contribution in [2.24, 2.45) is 5.92 Å². The van der Waals surface area contributed by atoms with Crippen molar-refractivity contribution in [3.8, 4) is 5.75 Å². The highest BCUT2D eigenvalue weighted by Crippen LogP contribution is 2.25. The van der Waals surface area contributed by atoms with Crippen LogP contribution in [0.15, 0.2) is 22.7 Å². The van der Waals surface area contributed by atoms with Gasteiger partial charge >= 0.3 is 0 Å². The van der Waals surface area contributed by atoms with Crippen LogP contribution in [0.4, 0.5) is 4.39 Å². The SMILES string of the molecule is CC(C)C(C)NC(=O)COc1cc(F)ccc1Br. The Morgan fingerprint density at radius 2 is 2.11 bits per heavy atom. The van der Waals surface area contributed by atoms with Gasteiger partial charge in [-0.25, -0.2) is 4.39 Å². The van der Waals surface area contributed by atoms with Crippen LogP contribution >= 0.6 is 15.9 Å². The fourth-order valence-electron chi connectivity index (χ4n) is 1.19. The Morgan fingerprint density at radius 3 is 2.72 bits per heavy atom. The molecule has 5 heteroatoms. The van der Waals surface area contributed by atoms with E-state index in [4.69, 9.17) is 4.74 Å². The quantitative estimate of drug-likeness (QED) is 0.906. The molecule has 0 aromatic heterocycles. The van der Waals surface area contributed by atoms with Gasteiger partial charge in [-0.2, -0.15) is 0 Å². The summed E-state index contributed by atoms with van der Waals surface area (Å²) in [7, 11) is 0. The Hall–Kier alpha value is -1.10. The van der Waals surface area contributed by atoms with E-state index in [0.29, 0.717) is 16.1 Å². The monoisotopic (exact) mass is 317 g/mol. The van der Waals surface area contributed by atoms with E-state index in [1.54, 1.807) is 6.07 Å². The minimum absolute atomic E-state index is 0.0806. The summed E-state index contributed by atoms with van der Waals surface area (Å²) < 4.78 is 18.9. The van der Waals surface area contributed by atoms with Crippen molar-refractivity contribution < 1.29 is 13.9 Å². The molecule has 18 heavy (non-hydrogen) atoms. The predicted octanol–water partition coefficient (Wildman–Crippen LogP) is 3.13. The van der Waals surface area contributed by atoms with Gasteiger partial charge in [-0.05, 0) is 40.9 Å². The second kappa shape index (κ2) is 6.73. The summed E-state index contributed by atoms with van der Waals surface area (Å²) >= 11 is 3.23. The minimum Gasteiger partial charge on any atom is -0.482 e. The zero-order chi connectivity index (χ0) is 13.7. The Kier molecular flexibility index (Phi) is 5.59. The van der Waals surface area contributed by atoms with E-state index in [0.717, 1.165) is 0 Å². The molecule has 0 aliphatic rings. The lowest BCUT2D eigenvalue weighted by Crippen LogP contribution is -2.38. The fraction of sp³-hybridized carbons (Fsp3) is 0.462. The molecule has 0 spiro atoms. The van der Waals surface area contributed by atoms with Crippen molar-refractivity contribution in [2.75, 3.05) is 6.61 Å². The Balaban J connectivity index is 2.50. The molecule has 100 valence electrons. The zero-order valence-electron chi connectivity index (χ0n) is 10.7. The average Bonchev–Trinajstić information content (AvgIpc) is 2.30. The normalized spacial score (nSPS) is 12.3. The molecule has 1 amide bonds. The molecule has 3 nitrogen and oxygen atoms in total. The Bertz CT molecular complexity index is 423. The summed E-state index contributed by atoms with van der Waals surface area (Å²) in [6.45, 7) is 5.85. The smallest absolute Gasteiger partial charge is 0.258 e. The van der Waals surface area contributed by atoms with Crippen LogP contribution < -0.4 is 10.1 Å². The summed E-state index contributed by atoms with van der Waals surface area (Å²) in [5, 5.41) is 2.81. The topological polar surface area (TPSA) is 38.3 Å². The number of nitrogens with one attached hydrogen (secondary N) is 1. The molecule has 0 aliphatic heterocycles. The molecule has 0 heterocycles. The second-order valence-electron chi connectivity index (χ2n) is 4.46. The maximum atomic E-state index is 13.0. The molecule has 0 radical (unpaired) electrons. The highest BCUT2D eigenvalue weighted by atomic mass is 79.9. The fourth-order valence-corrected chi connectivity index (χ4v) is 1.55. The zero-order valence-corrected chi connectivity index (χ0v) is 12.3. The first-order valence-electron chi connectivity index (χ1n) is 5.77. The van der Waals surface area contributed by atoms with Crippen LogP contribution in [0.2, 0.25) is 0 Å². The van der Waals surface area contributed by atoms with E-state index < -0.39 is 5.82 Å². The number of halogens is 2. The lowest BCUT2D eigenvalue weighted by molar-refractivity contribution is -0.124. The molecule has 1 aromatic carbocycles. The van der Waals surface area contributed by atoms with Gasteiger partial charge in [0.25, 0.3) is 5.91 Å². The summed E-state index contributed by atoms with van der Waals surface area (Å²) in [6, 6.07) is 4.18. The van der Waals surface area contributed by atoms with Gasteiger partial charge in [0.1, 0.15) is 11.6 Å². The predicted molar refractivity (Wildman–Crippen MR) is 72.0 cm³/mol. The standard InChI is InChI=1S/C13H17BrFNO2/c1-8(2)9(3)16-13(17)7-18-12-6-10(15)4-5-11(12)14/h4-6,8-9H,7H2,1-3H3,(H,16,17). The van der Waals surface area contributed by atoms with Crippen molar-refractivity contribution in [3.05, 3.63) is 28.5 Å². The number of hydrogen-bond acceptors (Lipinski definition) is 2. The number of benzene rings is 1. The molecule has 0 bridgehead atoms. The van der Waals surface area contributed by atoms with Gasteiger partial charge < -0.3 is 10.1 Å². The number of carbonyl (C=O) groups is 1. The number of hydrogen-bond donors (Lipinski definition) is 1. The molecule has 1 rings (SSSR count). The van der Waals surface area contributed by atoms with Crippen molar-refractivity contribution in [3.63, 3.8) is 0 Å². The molecule has 1 N–H and O–H groups in total. The van der Waals surface area contributed by atoms with Gasteiger partial charge in [0.2, 0.25) is 0 Å². The van der Waals surface area contributed by atoms with Crippen LogP contribution in [0.25, 0.3) is 0 Å². The first-order chi connectivity index (χ1) is 8.40. The van der Waals surface area contributed by atoms with Gasteiger partial charge in [-0.15, -0.1) is 0 Å². The molecule has 0 aliphatic carbocycles. The van der Waals surface area contributed by atoms with Gasteiger partial charge in [0.15, 0.2) is 6.61 Å². The second-order valence-corrected chi connectivity index (χ2v) is 5.32. The van der Waals surface area contributed by atoms with Gasteiger partial charge in [-0.3, -0.25) is 4.79 Å². The van der Waals surface area contributed by atoms with E-state index in [9.17, 15) is 9.18 Å². The largest absolute Gasteiger partial charge is 0.482 e. The van der Waals surface area contributed by atoms with E-state index in [-0.39, 0.29) is 18.6 Å². The highest BCUT2D eigenvalue weighted by Gasteiger charge is 2.12. The third kappa shape index (κ3) is 4.64. The number of rotatable bonds is 5. The number of amides is 1. The van der Waals surface area contributed by atoms with Gasteiger partial charge in [0, 0.05) is 12.1 Å². The molecule has 0 saturated carbocycles. The van der Waals surface area contributed by atoms with Crippen LogP contribution in [0, 0.1) is 11.7 Å². The maximum Gasteiger partial charge on any atom is 0.258 e. The first-order valence-corrected chi connectivity index (χ1v) is 6.56. The molecule has 1 aromatic rings. The summed E-state index contributed by atoms with van der Waals surface area (Å²) in [6.07, 6.45) is 0. The van der Waals surface area contributed by atoms with Crippen LogP contribution in [-0.4, -0.2) is 18.6 Å². The van der Waals surface area contributed by atoms with Crippen LogP contribution in [0.3, 0.4) is 0 Å². The van der Waals surface area contributed by atoms with Crippen molar-refractivity contribution in [1.82, 2.24) is 5.32 Å². The maximum absolute atomic E-state index is 13.0. The molecule has 0 saturated heterocycles. The van der Waals surface area contributed by atoms with Crippen LogP contribution in [0.1, 0.15) is 20.8 Å². The van der Waals surface area contributed by atoms with Gasteiger partial charge in [0.05, 0.1) is 4.47 Å². The highest BCUT2D eigenvalue weighted by molar-refractivity contribution is 9.10. The van der Waals surface area contributed by atoms with E-state index in [2.05, 4.69) is 21.2 Å². The molecule has 1 atom stereocenters. The molecular formula is C13H17BrFNO2. The lowest BCUT2D eigenvalue weighted by Gasteiger charge is -2.17. The summed E-state index contributed by atoms with van der Waals surface area (Å²) in [5.74, 6) is 0.0636. The van der Waals surface area contributed by atoms with Crippen LogP contribution in [0.5, 0.6) is 5.75 Å². The third-order valence-corrected chi connectivity index (χ3v) is 3.30. The molecule has 1 unspecified atom stereocenters. The van der Waals surface area contributed by atoms with Crippen LogP contribution in [-0.2, 0) is 4.79 Å². The third-order valence-electron chi connectivity index (χ3n) is 2.64. The Morgan fingerprint density at radius 1 is 1.44 bits per heavy atom. The summed E-state index contributed by atoms with van der Waals surface area (Å²) in [4.78, 5) is 11.6. The van der Waals surface area contributed by atoms with Crippen molar-refractivity contribution in [2.45, 2.75) is 26.8 Å². The number of ether oxygens (including phenoxy) is 1. The lowest BCUT2D eigenvalue weighted by atomic mass is 10.1. The summed E-state index contributed by atoms with van der Waals surface area (Å²) in [5.41, 5.74) is 0. The minimum atomic E-state index is -0.399. The molecule has 0 fully saturated rings. The van der Waals surface area contributed by atoms with Gasteiger partial charge in [-0.1, -0.05) is 13.8 Å². The Labute approximate surface area is 115 Å². The average molecular weight is 318 g/mol. The molecular weight excluding hydrogens is 301 g/mol. The van der Waals surface area contributed by atoms with E-state index in [1.165, 1.54) is 12.1 Å². The number of carbonyl (C=O) groups excluding carboxylic acids is 1. The van der Waals surface area contributed by atoms with E-state index >= 15 is 0 Å². The van der Waals surface area contributed by atoms with Crippen molar-refractivity contribution >= 4 is 21.8 Å². The van der Waals surface area contributed by atoms with Crippen molar-refractivity contribution in [1.29, 1.82) is 0 Å². The van der Waals surface area contributed by atoms with E-state index in [1.807, 2.05) is 20.8 Å². The first kappa shape index (κ1) is 15.0.